The number of para-hydroxylation sites is 1. The van der Waals surface area contributed by atoms with Gasteiger partial charge < -0.3 is 10.7 Å². The summed E-state index contributed by atoms with van der Waals surface area (Å²) in [6.45, 7) is 2.12. The second-order valence-electron chi connectivity index (χ2n) is 4.38. The molecule has 3 N–H and O–H groups in total. The highest BCUT2D eigenvalue weighted by Crippen LogP contribution is 2.43. The Morgan fingerprint density at radius 1 is 1.36 bits per heavy atom. The summed E-state index contributed by atoms with van der Waals surface area (Å²) in [5.41, 5.74) is 9.82. The normalized spacial score (nSPS) is 18.7. The van der Waals surface area contributed by atoms with Crippen molar-refractivity contribution in [2.75, 3.05) is 0 Å². The van der Waals surface area contributed by atoms with Crippen LogP contribution in [-0.2, 0) is 5.54 Å². The van der Waals surface area contributed by atoms with Crippen LogP contribution in [0.4, 0.5) is 0 Å². The van der Waals surface area contributed by atoms with Crippen LogP contribution >= 0.6 is 0 Å². The minimum Gasteiger partial charge on any atom is -0.357 e. The number of nitrogens with two attached hydrogens (primary N) is 1. The van der Waals surface area contributed by atoms with Crippen LogP contribution < -0.4 is 5.73 Å². The highest BCUT2D eigenvalue weighted by Gasteiger charge is 2.41. The zero-order chi connectivity index (χ0) is 9.76. The Morgan fingerprint density at radius 2 is 2.14 bits per heavy atom. The minimum atomic E-state index is -0.0501. The number of fused-ring (bicyclic) bond motifs is 1. The first-order valence-corrected chi connectivity index (χ1v) is 5.07. The van der Waals surface area contributed by atoms with Gasteiger partial charge in [0.15, 0.2) is 0 Å². The average Bonchev–Trinajstić information content (AvgIpc) is 2.77. The molecule has 0 atom stereocenters. The van der Waals surface area contributed by atoms with Crippen LogP contribution in [0, 0.1) is 6.92 Å². The van der Waals surface area contributed by atoms with Gasteiger partial charge in [-0.1, -0.05) is 18.2 Å². The van der Waals surface area contributed by atoms with Crippen LogP contribution in [0.1, 0.15) is 24.1 Å². The third kappa shape index (κ3) is 1.01. The summed E-state index contributed by atoms with van der Waals surface area (Å²) in [4.78, 5) is 3.44. The SMILES string of the molecule is Cc1cccc2cc(C3(N)CC3)[nH]c12. The van der Waals surface area contributed by atoms with Crippen molar-refractivity contribution in [2.45, 2.75) is 25.3 Å². The van der Waals surface area contributed by atoms with Crippen molar-refractivity contribution in [3.63, 3.8) is 0 Å². The first-order chi connectivity index (χ1) is 6.69. The van der Waals surface area contributed by atoms with Gasteiger partial charge in [-0.15, -0.1) is 0 Å². The number of nitrogens with one attached hydrogen (secondary N) is 1. The number of hydrogen-bond donors (Lipinski definition) is 2. The Hall–Kier alpha value is -1.28. The van der Waals surface area contributed by atoms with E-state index in [1.165, 1.54) is 22.2 Å². The number of aromatic amines is 1. The third-order valence-electron chi connectivity index (χ3n) is 3.19. The number of hydrogen-bond acceptors (Lipinski definition) is 1. The fourth-order valence-electron chi connectivity index (χ4n) is 1.98. The zero-order valence-electron chi connectivity index (χ0n) is 8.30. The standard InChI is InChI=1S/C12H14N2/c1-8-3-2-4-9-7-10(14-11(8)9)12(13)5-6-12/h2-4,7,14H,5-6,13H2,1H3. The molecule has 2 nitrogen and oxygen atoms in total. The largest absolute Gasteiger partial charge is 0.357 e. The van der Waals surface area contributed by atoms with Crippen LogP contribution in [0.3, 0.4) is 0 Å². The van der Waals surface area contributed by atoms with Crippen LogP contribution in [-0.4, -0.2) is 4.98 Å². The number of H-pyrrole nitrogens is 1. The summed E-state index contributed by atoms with van der Waals surface area (Å²) < 4.78 is 0. The molecule has 1 aliphatic rings. The first-order valence-electron chi connectivity index (χ1n) is 5.07. The molecule has 1 aliphatic carbocycles. The lowest BCUT2D eigenvalue weighted by atomic mass is 10.1. The van der Waals surface area contributed by atoms with Crippen molar-refractivity contribution in [1.82, 2.24) is 4.98 Å². The molecule has 0 amide bonds. The quantitative estimate of drug-likeness (QED) is 0.705. The van der Waals surface area contributed by atoms with Gasteiger partial charge in [-0.25, -0.2) is 0 Å². The molecular weight excluding hydrogens is 172 g/mol. The fraction of sp³-hybridized carbons (Fsp3) is 0.333. The summed E-state index contributed by atoms with van der Waals surface area (Å²) in [6, 6.07) is 8.54. The predicted molar refractivity (Wildman–Crippen MR) is 58.1 cm³/mol. The van der Waals surface area contributed by atoms with Gasteiger partial charge >= 0.3 is 0 Å². The summed E-state index contributed by atoms with van der Waals surface area (Å²) in [6.07, 6.45) is 2.22. The Balaban J connectivity index is 2.25. The van der Waals surface area contributed by atoms with E-state index in [0.717, 1.165) is 12.8 Å². The second-order valence-corrected chi connectivity index (χ2v) is 4.38. The van der Waals surface area contributed by atoms with E-state index in [1.807, 2.05) is 0 Å². The van der Waals surface area contributed by atoms with Gasteiger partial charge in [0, 0.05) is 11.2 Å². The number of aryl methyl sites for hydroxylation is 1. The van der Waals surface area contributed by atoms with Crippen molar-refractivity contribution in [1.29, 1.82) is 0 Å². The van der Waals surface area contributed by atoms with Gasteiger partial charge in [-0.05, 0) is 36.8 Å². The summed E-state index contributed by atoms with van der Waals surface area (Å²) in [5.74, 6) is 0. The Bertz CT molecular complexity index is 492. The van der Waals surface area contributed by atoms with Gasteiger partial charge in [-0.3, -0.25) is 0 Å². The lowest BCUT2D eigenvalue weighted by Crippen LogP contribution is -2.18. The number of aromatic nitrogens is 1. The van der Waals surface area contributed by atoms with Crippen LogP contribution in [0.2, 0.25) is 0 Å². The zero-order valence-corrected chi connectivity index (χ0v) is 8.30. The maximum absolute atomic E-state index is 6.15. The topological polar surface area (TPSA) is 41.8 Å². The van der Waals surface area contributed by atoms with Gasteiger partial charge in [0.2, 0.25) is 0 Å². The molecule has 0 spiro atoms. The van der Waals surface area contributed by atoms with E-state index in [4.69, 9.17) is 5.73 Å². The summed E-state index contributed by atoms with van der Waals surface area (Å²) >= 11 is 0. The lowest BCUT2D eigenvalue weighted by molar-refractivity contribution is 0.717. The molecule has 72 valence electrons. The molecule has 1 fully saturated rings. The second kappa shape index (κ2) is 2.39. The predicted octanol–water partition coefficient (Wildman–Crippen LogP) is 2.42. The Morgan fingerprint density at radius 3 is 2.79 bits per heavy atom. The molecule has 1 aromatic carbocycles. The van der Waals surface area contributed by atoms with Gasteiger partial charge in [-0.2, -0.15) is 0 Å². The van der Waals surface area contributed by atoms with Gasteiger partial charge in [0.05, 0.1) is 5.54 Å². The molecule has 1 heterocycles. The van der Waals surface area contributed by atoms with Crippen molar-refractivity contribution in [3.8, 4) is 0 Å². The molecule has 0 aliphatic heterocycles. The van der Waals surface area contributed by atoms with E-state index in [0.29, 0.717) is 0 Å². The van der Waals surface area contributed by atoms with Crippen LogP contribution in [0.15, 0.2) is 24.3 Å². The van der Waals surface area contributed by atoms with Crippen molar-refractivity contribution < 1.29 is 0 Å². The maximum atomic E-state index is 6.15. The van der Waals surface area contributed by atoms with Crippen LogP contribution in [0.5, 0.6) is 0 Å². The van der Waals surface area contributed by atoms with E-state index >= 15 is 0 Å². The lowest BCUT2D eigenvalue weighted by Gasteiger charge is -2.03. The molecule has 0 bridgehead atoms. The summed E-state index contributed by atoms with van der Waals surface area (Å²) in [7, 11) is 0. The molecular formula is C12H14N2. The van der Waals surface area contributed by atoms with E-state index in [2.05, 4.69) is 36.2 Å². The van der Waals surface area contributed by atoms with E-state index < -0.39 is 0 Å². The molecule has 1 saturated carbocycles. The van der Waals surface area contributed by atoms with Crippen LogP contribution in [0.25, 0.3) is 10.9 Å². The van der Waals surface area contributed by atoms with Gasteiger partial charge in [0.1, 0.15) is 0 Å². The highest BCUT2D eigenvalue weighted by atomic mass is 14.9. The molecule has 0 radical (unpaired) electrons. The monoisotopic (exact) mass is 186 g/mol. The first kappa shape index (κ1) is 8.06. The molecule has 3 rings (SSSR count). The van der Waals surface area contributed by atoms with E-state index in [-0.39, 0.29) is 5.54 Å². The third-order valence-corrected chi connectivity index (χ3v) is 3.19. The summed E-state index contributed by atoms with van der Waals surface area (Å²) in [5, 5.41) is 1.27. The van der Waals surface area contributed by atoms with Crippen molar-refractivity contribution in [2.24, 2.45) is 5.73 Å². The van der Waals surface area contributed by atoms with Gasteiger partial charge in [0.25, 0.3) is 0 Å². The maximum Gasteiger partial charge on any atom is 0.0563 e. The van der Waals surface area contributed by atoms with E-state index in [9.17, 15) is 0 Å². The molecule has 0 unspecified atom stereocenters. The molecule has 0 saturated heterocycles. The van der Waals surface area contributed by atoms with Crippen molar-refractivity contribution >= 4 is 10.9 Å². The molecule has 2 heteroatoms. The Labute approximate surface area is 83.1 Å². The average molecular weight is 186 g/mol. The highest BCUT2D eigenvalue weighted by molar-refractivity contribution is 5.83. The molecule has 1 aromatic heterocycles. The number of benzene rings is 1. The minimum absolute atomic E-state index is 0.0501. The fourth-order valence-corrected chi connectivity index (χ4v) is 1.98. The van der Waals surface area contributed by atoms with Crippen molar-refractivity contribution in [3.05, 3.63) is 35.5 Å². The number of rotatable bonds is 1. The smallest absolute Gasteiger partial charge is 0.0563 e. The van der Waals surface area contributed by atoms with E-state index in [1.54, 1.807) is 0 Å². The Kier molecular flexibility index (Phi) is 1.38. The molecule has 2 aromatic rings. The molecule has 14 heavy (non-hydrogen) atoms.